The van der Waals surface area contributed by atoms with Gasteiger partial charge in [-0.05, 0) is 38.5 Å². The SMILES string of the molecule is CCCCOC1C(OCCCC)[C@H](OCCCC)C(C)O[C@H]1OC(CO)C(CC)CCCC. The lowest BCUT2D eigenvalue weighted by atomic mass is 9.93. The van der Waals surface area contributed by atoms with Crippen LogP contribution in [0.5, 0.6) is 0 Å². The van der Waals surface area contributed by atoms with Crippen LogP contribution in [0.1, 0.15) is 106 Å². The fraction of sp³-hybridized carbons (Fsp3) is 1.00. The van der Waals surface area contributed by atoms with Crippen LogP contribution in [0.15, 0.2) is 0 Å². The molecule has 0 saturated carbocycles. The fourth-order valence-corrected chi connectivity index (χ4v) is 4.36. The van der Waals surface area contributed by atoms with Gasteiger partial charge >= 0.3 is 0 Å². The van der Waals surface area contributed by atoms with Crippen LogP contribution in [0.4, 0.5) is 0 Å². The predicted molar refractivity (Wildman–Crippen MR) is 134 cm³/mol. The summed E-state index contributed by atoms with van der Waals surface area (Å²) < 4.78 is 31.9. The fourth-order valence-electron chi connectivity index (χ4n) is 4.36. The van der Waals surface area contributed by atoms with Crippen LogP contribution in [0.2, 0.25) is 0 Å². The van der Waals surface area contributed by atoms with Crippen molar-refractivity contribution in [3.05, 3.63) is 0 Å². The largest absolute Gasteiger partial charge is 0.394 e. The van der Waals surface area contributed by atoms with Crippen molar-refractivity contribution in [2.75, 3.05) is 26.4 Å². The van der Waals surface area contributed by atoms with E-state index in [9.17, 15) is 5.11 Å². The molecule has 1 saturated heterocycles. The van der Waals surface area contributed by atoms with E-state index in [0.29, 0.717) is 25.7 Å². The molecule has 1 N–H and O–H groups in total. The van der Waals surface area contributed by atoms with Crippen molar-refractivity contribution in [1.29, 1.82) is 0 Å². The van der Waals surface area contributed by atoms with Crippen LogP contribution in [0.25, 0.3) is 0 Å². The second-order valence-electron chi connectivity index (χ2n) is 9.44. The first kappa shape index (κ1) is 30.8. The molecule has 1 aliphatic rings. The summed E-state index contributed by atoms with van der Waals surface area (Å²) in [6, 6.07) is 0. The van der Waals surface area contributed by atoms with E-state index in [-0.39, 0.29) is 37.1 Å². The van der Waals surface area contributed by atoms with Gasteiger partial charge in [-0.1, -0.05) is 73.1 Å². The van der Waals surface area contributed by atoms with Crippen molar-refractivity contribution in [3.8, 4) is 0 Å². The summed E-state index contributed by atoms with van der Waals surface area (Å²) in [4.78, 5) is 0. The molecule has 6 heteroatoms. The summed E-state index contributed by atoms with van der Waals surface area (Å²) in [6.45, 7) is 14.8. The molecule has 1 heterocycles. The molecule has 1 aliphatic heterocycles. The maximum Gasteiger partial charge on any atom is 0.187 e. The Labute approximate surface area is 204 Å². The van der Waals surface area contributed by atoms with Crippen LogP contribution < -0.4 is 0 Å². The van der Waals surface area contributed by atoms with Gasteiger partial charge in [0.15, 0.2) is 6.29 Å². The van der Waals surface area contributed by atoms with E-state index in [1.165, 1.54) is 0 Å². The average Bonchev–Trinajstić information content (AvgIpc) is 2.82. The number of rotatable bonds is 20. The van der Waals surface area contributed by atoms with E-state index in [2.05, 4.69) is 34.6 Å². The van der Waals surface area contributed by atoms with Gasteiger partial charge in [0.2, 0.25) is 0 Å². The number of hydrogen-bond acceptors (Lipinski definition) is 6. The summed E-state index contributed by atoms with van der Waals surface area (Å²) in [7, 11) is 0. The second kappa shape index (κ2) is 19.0. The predicted octanol–water partition coefficient (Wildman–Crippen LogP) is 5.88. The van der Waals surface area contributed by atoms with Gasteiger partial charge in [-0.2, -0.15) is 0 Å². The van der Waals surface area contributed by atoms with Crippen molar-refractivity contribution in [1.82, 2.24) is 0 Å². The van der Waals surface area contributed by atoms with Crippen molar-refractivity contribution in [2.45, 2.75) is 143 Å². The third kappa shape index (κ3) is 10.9. The molecule has 0 radical (unpaired) electrons. The molecule has 6 nitrogen and oxygen atoms in total. The summed E-state index contributed by atoms with van der Waals surface area (Å²) in [5, 5.41) is 10.2. The minimum Gasteiger partial charge on any atom is -0.394 e. The highest BCUT2D eigenvalue weighted by molar-refractivity contribution is 4.92. The van der Waals surface area contributed by atoms with E-state index in [1.54, 1.807) is 0 Å². The Morgan fingerprint density at radius 3 is 1.73 bits per heavy atom. The lowest BCUT2D eigenvalue weighted by Gasteiger charge is -2.46. The van der Waals surface area contributed by atoms with Crippen molar-refractivity contribution in [3.63, 3.8) is 0 Å². The topological polar surface area (TPSA) is 66.4 Å². The highest BCUT2D eigenvalue weighted by atomic mass is 16.7. The number of hydrogen-bond donors (Lipinski definition) is 1. The van der Waals surface area contributed by atoms with Crippen molar-refractivity contribution in [2.24, 2.45) is 5.92 Å². The van der Waals surface area contributed by atoms with Crippen LogP contribution in [0, 0.1) is 5.92 Å². The molecule has 0 aromatic heterocycles. The molecule has 198 valence electrons. The van der Waals surface area contributed by atoms with Crippen LogP contribution in [-0.2, 0) is 23.7 Å². The molecule has 5 unspecified atom stereocenters. The minimum atomic E-state index is -0.581. The Morgan fingerprint density at radius 2 is 1.24 bits per heavy atom. The zero-order chi connectivity index (χ0) is 24.5. The molecular weight excluding hydrogens is 420 g/mol. The molecule has 33 heavy (non-hydrogen) atoms. The monoisotopic (exact) mass is 474 g/mol. The van der Waals surface area contributed by atoms with E-state index in [4.69, 9.17) is 23.7 Å². The zero-order valence-electron chi connectivity index (χ0n) is 22.4. The normalized spacial score (nSPS) is 27.5. The van der Waals surface area contributed by atoms with E-state index in [0.717, 1.165) is 64.2 Å². The van der Waals surface area contributed by atoms with Gasteiger partial charge in [-0.3, -0.25) is 0 Å². The molecule has 0 amide bonds. The maximum atomic E-state index is 10.2. The van der Waals surface area contributed by atoms with Gasteiger partial charge in [0.05, 0.1) is 18.8 Å². The summed E-state index contributed by atoms with van der Waals surface area (Å²) >= 11 is 0. The quantitative estimate of drug-likeness (QED) is 0.222. The molecule has 0 bridgehead atoms. The van der Waals surface area contributed by atoms with E-state index >= 15 is 0 Å². The lowest BCUT2D eigenvalue weighted by molar-refractivity contribution is -0.329. The first-order chi connectivity index (χ1) is 16.1. The average molecular weight is 475 g/mol. The van der Waals surface area contributed by atoms with Gasteiger partial charge in [-0.15, -0.1) is 0 Å². The van der Waals surface area contributed by atoms with Gasteiger partial charge in [0.25, 0.3) is 0 Å². The molecule has 0 aromatic rings. The van der Waals surface area contributed by atoms with Crippen molar-refractivity contribution >= 4 is 0 Å². The Morgan fingerprint density at radius 1 is 0.727 bits per heavy atom. The van der Waals surface area contributed by atoms with E-state index < -0.39 is 6.29 Å². The third-order valence-electron chi connectivity index (χ3n) is 6.62. The van der Waals surface area contributed by atoms with E-state index in [1.807, 2.05) is 6.92 Å². The van der Waals surface area contributed by atoms with Gasteiger partial charge in [-0.25, -0.2) is 0 Å². The zero-order valence-corrected chi connectivity index (χ0v) is 22.4. The Kier molecular flexibility index (Phi) is 17.7. The minimum absolute atomic E-state index is 0.0179. The summed E-state index contributed by atoms with van der Waals surface area (Å²) in [6.07, 6.45) is 8.60. The molecule has 0 aliphatic carbocycles. The van der Waals surface area contributed by atoms with Gasteiger partial charge in [0.1, 0.15) is 18.3 Å². The van der Waals surface area contributed by atoms with Crippen LogP contribution in [-0.4, -0.2) is 68.3 Å². The Balaban J connectivity index is 3.08. The number of aliphatic hydroxyl groups is 1. The lowest BCUT2D eigenvalue weighted by Crippen LogP contribution is -2.61. The van der Waals surface area contributed by atoms with Crippen LogP contribution >= 0.6 is 0 Å². The van der Waals surface area contributed by atoms with Gasteiger partial charge in [0, 0.05) is 19.8 Å². The highest BCUT2D eigenvalue weighted by Gasteiger charge is 2.48. The summed E-state index contributed by atoms with van der Waals surface area (Å²) in [5.41, 5.74) is 0. The number of aliphatic hydroxyl groups excluding tert-OH is 1. The first-order valence-electron chi connectivity index (χ1n) is 13.8. The second-order valence-corrected chi connectivity index (χ2v) is 9.44. The van der Waals surface area contributed by atoms with Crippen LogP contribution in [0.3, 0.4) is 0 Å². The molecule has 7 atom stereocenters. The number of unbranched alkanes of at least 4 members (excludes halogenated alkanes) is 4. The molecular formula is C27H54O6. The molecule has 0 aromatic carbocycles. The Bertz CT molecular complexity index is 448. The number of ether oxygens (including phenoxy) is 5. The summed E-state index contributed by atoms with van der Waals surface area (Å²) in [5.74, 6) is 0.295. The van der Waals surface area contributed by atoms with Crippen molar-refractivity contribution < 1.29 is 28.8 Å². The third-order valence-corrected chi connectivity index (χ3v) is 6.62. The molecule has 1 rings (SSSR count). The van der Waals surface area contributed by atoms with Gasteiger partial charge < -0.3 is 28.8 Å². The smallest absolute Gasteiger partial charge is 0.187 e. The maximum absolute atomic E-state index is 10.2. The Hall–Kier alpha value is -0.240. The highest BCUT2D eigenvalue weighted by Crippen LogP contribution is 2.32. The standard InChI is InChI=1S/C27H54O6/c1-7-12-16-22(11-5)23(20-28)33-27-26(31-19-15-10-4)25(30-18-14-9-3)24(21(6)32-27)29-17-13-8-2/h21-28H,7-20H2,1-6H3/t21?,22?,23?,24-,25?,26?,27+/m1/s1. The first-order valence-corrected chi connectivity index (χ1v) is 13.8. The molecule has 0 spiro atoms. The molecule has 1 fully saturated rings.